The Morgan fingerprint density at radius 3 is 1.38 bits per heavy atom. The highest BCUT2D eigenvalue weighted by molar-refractivity contribution is 7.90. The van der Waals surface area contributed by atoms with E-state index in [1.807, 2.05) is 125 Å². The van der Waals surface area contributed by atoms with Gasteiger partial charge in [-0.25, -0.2) is 8.42 Å². The molecule has 0 saturated heterocycles. The van der Waals surface area contributed by atoms with Crippen LogP contribution in [0, 0.1) is 0 Å². The van der Waals surface area contributed by atoms with Crippen molar-refractivity contribution in [1.29, 1.82) is 0 Å². The fourth-order valence-corrected chi connectivity index (χ4v) is 11.8. The number of ether oxygens (including phenoxy) is 4. The Balaban J connectivity index is 0.000000200. The third kappa shape index (κ3) is 14.7. The number of nitrogens with two attached hydrogens (primary N) is 1. The number of aromatic nitrogens is 4. The van der Waals surface area contributed by atoms with Crippen LogP contribution in [0.15, 0.2) is 122 Å². The number of hydrogen-bond acceptors (Lipinski definition) is 15. The Morgan fingerprint density at radius 2 is 0.894 bits per heavy atom. The van der Waals surface area contributed by atoms with Crippen LogP contribution in [0.4, 0.5) is 0 Å². The maximum atomic E-state index is 13.4. The van der Waals surface area contributed by atoms with Crippen LogP contribution in [0.5, 0.6) is 0 Å². The molecule has 450 valence electrons. The van der Waals surface area contributed by atoms with Crippen LogP contribution in [0.25, 0.3) is 65.9 Å². The second-order valence-corrected chi connectivity index (χ2v) is 24.6. The number of fused-ring (bicyclic) bond motifs is 14. The van der Waals surface area contributed by atoms with Crippen LogP contribution in [-0.2, 0) is 88.4 Å². The molecular weight excluding hydrogens is 1130 g/mol. The number of amides is 4. The lowest BCUT2D eigenvalue weighted by Crippen LogP contribution is -2.25. The Morgan fingerprint density at radius 1 is 0.482 bits per heavy atom. The summed E-state index contributed by atoms with van der Waals surface area (Å²) in [6, 6.07) is 31.2. The van der Waals surface area contributed by atoms with E-state index in [1.54, 1.807) is 0 Å². The molecule has 4 N–H and O–H groups in total. The number of rotatable bonds is 16. The molecule has 11 rings (SSSR count). The minimum absolute atomic E-state index is 0.0209. The van der Waals surface area contributed by atoms with Crippen molar-refractivity contribution in [3.05, 3.63) is 144 Å². The number of carbonyl (C=O) groups excluding carboxylic acids is 4. The third-order valence-electron chi connectivity index (χ3n) is 14.8. The van der Waals surface area contributed by atoms with Gasteiger partial charge in [0.15, 0.2) is 0 Å². The SMILES string of the molecule is CN.CN1CCCn2cc(c3ccccc32)C2=C(C(=O)NC2=O)c2cn(c3ccccc23)CCOCCOCC1.CS(=O)(=O)CCOCCOCCn1cc(C2=C(c3cn(CCCOS(C)(=O)=O)c4ccccc34)C(=O)NC2=O)c2ccccc21. The lowest BCUT2D eigenvalue weighted by molar-refractivity contribution is -0.124. The first kappa shape index (κ1) is 62.0. The molecule has 0 fully saturated rings. The van der Waals surface area contributed by atoms with Gasteiger partial charge in [0.05, 0.1) is 93.8 Å². The summed E-state index contributed by atoms with van der Waals surface area (Å²) in [7, 11) is -3.03. The summed E-state index contributed by atoms with van der Waals surface area (Å²) in [5.74, 6) is -1.73. The van der Waals surface area contributed by atoms with Gasteiger partial charge in [0.1, 0.15) is 9.84 Å². The molecule has 23 heteroatoms. The molecule has 0 unspecified atom stereocenters. The molecule has 7 heterocycles. The van der Waals surface area contributed by atoms with Crippen molar-refractivity contribution in [2.75, 3.05) is 105 Å². The van der Waals surface area contributed by atoms with Crippen LogP contribution in [0.2, 0.25) is 0 Å². The average Bonchev–Trinajstić information content (AvgIpc) is 1.74. The quantitative estimate of drug-likeness (QED) is 0.0595. The van der Waals surface area contributed by atoms with E-state index in [-0.39, 0.29) is 48.5 Å². The summed E-state index contributed by atoms with van der Waals surface area (Å²) in [6.45, 7) is 7.44. The summed E-state index contributed by atoms with van der Waals surface area (Å²) < 4.78 is 80.9. The zero-order valence-corrected chi connectivity index (χ0v) is 49.8. The smallest absolute Gasteiger partial charge is 0.264 e. The van der Waals surface area contributed by atoms with Gasteiger partial charge in [-0.3, -0.25) is 34.0 Å². The number of para-hydroxylation sites is 4. The van der Waals surface area contributed by atoms with Crippen molar-refractivity contribution in [3.8, 4) is 0 Å². The first-order valence-electron chi connectivity index (χ1n) is 28.2. The predicted octanol–water partition coefficient (Wildman–Crippen LogP) is 5.71. The summed E-state index contributed by atoms with van der Waals surface area (Å²) >= 11 is 0. The van der Waals surface area contributed by atoms with Crippen LogP contribution in [0.3, 0.4) is 0 Å². The van der Waals surface area contributed by atoms with E-state index < -0.39 is 31.8 Å². The van der Waals surface area contributed by atoms with Gasteiger partial charge in [-0.1, -0.05) is 72.8 Å². The molecular formula is C62H72N8O13S2. The summed E-state index contributed by atoms with van der Waals surface area (Å²) in [6.07, 6.45) is 11.2. The Bertz CT molecular complexity index is 4060. The van der Waals surface area contributed by atoms with Crippen molar-refractivity contribution >= 4 is 109 Å². The van der Waals surface area contributed by atoms with Gasteiger partial charge in [0.25, 0.3) is 33.7 Å². The average molecular weight is 1200 g/mol. The molecule has 0 aliphatic carbocycles. The Hall–Kier alpha value is -7.58. The third-order valence-corrected chi connectivity index (χ3v) is 16.3. The fraction of sp³-hybridized carbons (Fsp3) is 0.355. The first-order chi connectivity index (χ1) is 41.0. The minimum Gasteiger partial charge on any atom is -0.378 e. The number of sulfone groups is 1. The number of nitrogens with one attached hydrogen (secondary N) is 2. The Labute approximate surface area is 493 Å². The molecule has 4 bridgehead atoms. The molecule has 0 radical (unpaired) electrons. The molecule has 0 saturated carbocycles. The van der Waals surface area contributed by atoms with Crippen molar-refractivity contribution in [2.24, 2.45) is 5.73 Å². The molecule has 3 aliphatic heterocycles. The number of aryl methyl sites for hydroxylation is 2. The highest BCUT2D eigenvalue weighted by atomic mass is 32.2. The van der Waals surface area contributed by atoms with E-state index in [2.05, 4.69) is 43.5 Å². The number of likely N-dealkylation sites (N-methyl/N-ethyl adjacent to an activating group) is 1. The molecule has 8 aromatic rings. The minimum atomic E-state index is -3.55. The van der Waals surface area contributed by atoms with Gasteiger partial charge in [-0.05, 0) is 57.7 Å². The van der Waals surface area contributed by atoms with Crippen LogP contribution >= 0.6 is 0 Å². The van der Waals surface area contributed by atoms with Crippen molar-refractivity contribution < 1.29 is 59.1 Å². The lowest BCUT2D eigenvalue weighted by Gasteiger charge is -2.17. The number of nitrogens with zero attached hydrogens (tertiary/aromatic N) is 5. The van der Waals surface area contributed by atoms with E-state index in [1.165, 1.54) is 7.05 Å². The lowest BCUT2D eigenvalue weighted by atomic mass is 9.95. The maximum Gasteiger partial charge on any atom is 0.264 e. The van der Waals surface area contributed by atoms with Crippen molar-refractivity contribution in [2.45, 2.75) is 39.0 Å². The summed E-state index contributed by atoms with van der Waals surface area (Å²) in [4.78, 5) is 55.6. The molecule has 4 aromatic heterocycles. The largest absolute Gasteiger partial charge is 0.378 e. The normalized spacial score (nSPS) is 16.0. The van der Waals surface area contributed by atoms with Crippen molar-refractivity contribution in [3.63, 3.8) is 0 Å². The van der Waals surface area contributed by atoms with Crippen LogP contribution in [-0.4, -0.2) is 169 Å². The number of carbonyl (C=O) groups is 4. The topological polar surface area (TPSA) is 256 Å². The standard InChI is InChI=1S/C31H35N3O9S2.C30H32N4O4.CH5N/c1-44(37,38)19-18-42-17-16-41-15-13-34-21-25(23-9-4-6-11-27(23)34)29-28(30(35)32-31(29)36)24-20-33(12-7-14-43-45(2,39)40)26-10-5-3-8-22(24)26;1-32-11-6-12-33-19-23(21-7-2-4-9-25(21)33)27-28(30(36)31-29(27)35)24-20-34(26-10-5-3-8-22(24)26)14-16-38-18-17-37-15-13-32;1-2/h3-6,8-11,20-21H,7,12-19H2,1-2H3,(H,32,35,36);2-5,7-10,19-20H,6,11-18H2,1H3,(H,31,35,36);2H2,1H3. The van der Waals surface area contributed by atoms with Crippen molar-refractivity contribution in [1.82, 2.24) is 33.8 Å². The first-order valence-corrected chi connectivity index (χ1v) is 32.0. The zero-order chi connectivity index (χ0) is 60.3. The zero-order valence-electron chi connectivity index (χ0n) is 48.2. The molecule has 21 nitrogen and oxygen atoms in total. The fourth-order valence-electron chi connectivity index (χ4n) is 10.9. The van der Waals surface area contributed by atoms with Gasteiger partial charge in [0, 0.05) is 130 Å². The second kappa shape index (κ2) is 28.1. The van der Waals surface area contributed by atoms with E-state index in [9.17, 15) is 36.0 Å². The van der Waals surface area contributed by atoms with E-state index in [0.717, 1.165) is 93.3 Å². The number of benzene rings is 4. The highest BCUT2D eigenvalue weighted by Crippen LogP contribution is 2.41. The molecule has 3 aliphatic rings. The van der Waals surface area contributed by atoms with Gasteiger partial charge >= 0.3 is 0 Å². The molecule has 0 atom stereocenters. The predicted molar refractivity (Wildman–Crippen MR) is 328 cm³/mol. The van der Waals surface area contributed by atoms with Gasteiger partial charge in [0.2, 0.25) is 0 Å². The van der Waals surface area contributed by atoms with E-state index in [0.29, 0.717) is 88.0 Å². The molecule has 4 amide bonds. The second-order valence-electron chi connectivity index (χ2n) is 20.7. The summed E-state index contributed by atoms with van der Waals surface area (Å²) in [5, 5.41) is 8.56. The highest BCUT2D eigenvalue weighted by Gasteiger charge is 2.37. The molecule has 85 heavy (non-hydrogen) atoms. The van der Waals surface area contributed by atoms with Gasteiger partial charge in [-0.15, -0.1) is 0 Å². The Kier molecular flexibility index (Phi) is 20.5. The number of imide groups is 2. The molecule has 0 spiro atoms. The molecule has 4 aromatic carbocycles. The monoisotopic (exact) mass is 1200 g/mol. The van der Waals surface area contributed by atoms with Gasteiger partial charge in [-0.2, -0.15) is 8.42 Å². The van der Waals surface area contributed by atoms with Crippen LogP contribution < -0.4 is 16.4 Å². The van der Waals surface area contributed by atoms with E-state index >= 15 is 0 Å². The van der Waals surface area contributed by atoms with Crippen LogP contribution in [0.1, 0.15) is 35.1 Å². The van der Waals surface area contributed by atoms with E-state index in [4.69, 9.17) is 23.1 Å². The summed E-state index contributed by atoms with van der Waals surface area (Å²) in [5.41, 5.74) is 12.4. The van der Waals surface area contributed by atoms with Gasteiger partial charge < -0.3 is 47.8 Å². The number of hydrogen-bond donors (Lipinski definition) is 3. The maximum absolute atomic E-state index is 13.4.